The van der Waals surface area contributed by atoms with E-state index in [1.165, 1.54) is 22.2 Å². The highest BCUT2D eigenvalue weighted by molar-refractivity contribution is 5.84. The van der Waals surface area contributed by atoms with Gasteiger partial charge in [0.1, 0.15) is 6.17 Å². The van der Waals surface area contributed by atoms with Crippen molar-refractivity contribution in [3.05, 3.63) is 35.5 Å². The Morgan fingerprint density at radius 2 is 2.14 bits per heavy atom. The van der Waals surface area contributed by atoms with Crippen molar-refractivity contribution < 1.29 is 4.39 Å². The lowest BCUT2D eigenvalue weighted by Crippen LogP contribution is -2.42. The van der Waals surface area contributed by atoms with Gasteiger partial charge in [-0.3, -0.25) is 4.90 Å². The van der Waals surface area contributed by atoms with Gasteiger partial charge in [0.05, 0.1) is 0 Å². The highest BCUT2D eigenvalue weighted by Gasteiger charge is 2.28. The lowest BCUT2D eigenvalue weighted by molar-refractivity contribution is 0.115. The Morgan fingerprint density at radius 1 is 1.38 bits per heavy atom. The maximum absolute atomic E-state index is 13.7. The number of hydrogen-bond donors (Lipinski definition) is 1. The first-order chi connectivity index (χ1) is 10.1. The van der Waals surface area contributed by atoms with Gasteiger partial charge >= 0.3 is 0 Å². The molecule has 0 saturated carbocycles. The molecule has 0 spiro atoms. The Kier molecular flexibility index (Phi) is 4.03. The number of fused-ring (bicyclic) bond motifs is 3. The van der Waals surface area contributed by atoms with Crippen molar-refractivity contribution in [2.75, 3.05) is 6.54 Å². The Balaban J connectivity index is 1.85. The first-order valence-corrected chi connectivity index (χ1v) is 8.06. The van der Waals surface area contributed by atoms with Crippen LogP contribution in [0.25, 0.3) is 10.9 Å². The summed E-state index contributed by atoms with van der Waals surface area (Å²) in [4.78, 5) is 5.98. The lowest BCUT2D eigenvalue weighted by Gasteiger charge is -2.36. The van der Waals surface area contributed by atoms with Crippen LogP contribution in [0, 0.1) is 5.92 Å². The first-order valence-electron chi connectivity index (χ1n) is 8.06. The van der Waals surface area contributed by atoms with Crippen LogP contribution in [0.15, 0.2) is 24.3 Å². The standard InChI is InChI=1S/C18H25FN2/c1-4-14(13(3)19)10-21-11-18-16(9-12(21)2)15-7-5-6-8-17(15)20-18/h5-8,12-14,20H,4,9-11H2,1-3H3. The molecule has 3 heteroatoms. The van der Waals surface area contributed by atoms with Crippen molar-refractivity contribution in [2.24, 2.45) is 5.92 Å². The van der Waals surface area contributed by atoms with Crippen molar-refractivity contribution in [3.63, 3.8) is 0 Å². The van der Waals surface area contributed by atoms with Gasteiger partial charge in [0, 0.05) is 41.6 Å². The van der Waals surface area contributed by atoms with E-state index in [0.717, 1.165) is 25.9 Å². The van der Waals surface area contributed by atoms with Gasteiger partial charge in [-0.25, -0.2) is 4.39 Å². The molecule has 1 aliphatic rings. The summed E-state index contributed by atoms with van der Waals surface area (Å²) in [5, 5.41) is 1.35. The predicted molar refractivity (Wildman–Crippen MR) is 86.2 cm³/mol. The molecule has 0 aliphatic carbocycles. The van der Waals surface area contributed by atoms with Crippen molar-refractivity contribution in [1.29, 1.82) is 0 Å². The molecule has 2 aromatic rings. The largest absolute Gasteiger partial charge is 0.357 e. The molecular formula is C18H25FN2. The molecule has 0 bridgehead atoms. The van der Waals surface area contributed by atoms with Gasteiger partial charge in [0.15, 0.2) is 0 Å². The number of hydrogen-bond acceptors (Lipinski definition) is 1. The number of aromatic amines is 1. The minimum Gasteiger partial charge on any atom is -0.357 e. The molecule has 1 N–H and O–H groups in total. The quantitative estimate of drug-likeness (QED) is 0.888. The van der Waals surface area contributed by atoms with E-state index in [1.807, 2.05) is 0 Å². The Bertz CT molecular complexity index is 617. The highest BCUT2D eigenvalue weighted by Crippen LogP contribution is 2.31. The van der Waals surface area contributed by atoms with E-state index in [4.69, 9.17) is 0 Å². The maximum atomic E-state index is 13.7. The molecule has 0 fully saturated rings. The zero-order valence-corrected chi connectivity index (χ0v) is 13.2. The van der Waals surface area contributed by atoms with Crippen molar-refractivity contribution >= 4 is 10.9 Å². The molecule has 2 nitrogen and oxygen atoms in total. The van der Waals surface area contributed by atoms with Gasteiger partial charge in [-0.15, -0.1) is 0 Å². The summed E-state index contributed by atoms with van der Waals surface area (Å²) in [6.45, 7) is 7.81. The second-order valence-electron chi connectivity index (χ2n) is 6.46. The van der Waals surface area contributed by atoms with Crippen molar-refractivity contribution in [3.8, 4) is 0 Å². The fraction of sp³-hybridized carbons (Fsp3) is 0.556. The summed E-state index contributed by atoms with van der Waals surface area (Å²) in [6.07, 6.45) is 1.22. The van der Waals surface area contributed by atoms with Crippen LogP contribution in [0.3, 0.4) is 0 Å². The summed E-state index contributed by atoms with van der Waals surface area (Å²) in [6, 6.07) is 8.99. The number of halogens is 1. The fourth-order valence-corrected chi connectivity index (χ4v) is 3.55. The topological polar surface area (TPSA) is 19.0 Å². The van der Waals surface area contributed by atoms with Crippen LogP contribution >= 0.6 is 0 Å². The van der Waals surface area contributed by atoms with Crippen LogP contribution < -0.4 is 0 Å². The number of nitrogens with one attached hydrogen (secondary N) is 1. The molecule has 1 aliphatic heterocycles. The van der Waals surface area contributed by atoms with E-state index in [1.54, 1.807) is 6.92 Å². The van der Waals surface area contributed by atoms with Crippen LogP contribution in [0.4, 0.5) is 4.39 Å². The SMILES string of the molecule is CCC(CN1Cc2[nH]c3ccccc3c2CC1C)C(C)F. The summed E-state index contributed by atoms with van der Waals surface area (Å²) in [5.74, 6) is 0.137. The summed E-state index contributed by atoms with van der Waals surface area (Å²) >= 11 is 0. The predicted octanol–water partition coefficient (Wildman–Crippen LogP) is 4.30. The first kappa shape index (κ1) is 14.6. The molecule has 0 radical (unpaired) electrons. The Hall–Kier alpha value is -1.35. The van der Waals surface area contributed by atoms with Crippen LogP contribution in [0.1, 0.15) is 38.4 Å². The van der Waals surface area contributed by atoms with Crippen molar-refractivity contribution in [1.82, 2.24) is 9.88 Å². The molecule has 114 valence electrons. The monoisotopic (exact) mass is 288 g/mol. The van der Waals surface area contributed by atoms with E-state index < -0.39 is 6.17 Å². The zero-order valence-electron chi connectivity index (χ0n) is 13.2. The number of H-pyrrole nitrogens is 1. The molecule has 3 rings (SSSR count). The molecule has 0 amide bonds. The molecular weight excluding hydrogens is 263 g/mol. The van der Waals surface area contributed by atoms with Crippen LogP contribution in [-0.4, -0.2) is 28.6 Å². The summed E-state index contributed by atoms with van der Waals surface area (Å²) in [7, 11) is 0. The number of alkyl halides is 1. The average Bonchev–Trinajstić information content (AvgIpc) is 2.82. The third-order valence-electron chi connectivity index (χ3n) is 5.03. The Labute approximate surface area is 126 Å². The summed E-state index contributed by atoms with van der Waals surface area (Å²) in [5.41, 5.74) is 3.99. The van der Waals surface area contributed by atoms with Gasteiger partial charge < -0.3 is 4.98 Å². The molecule has 1 aromatic heterocycles. The minimum atomic E-state index is -0.730. The van der Waals surface area contributed by atoms with Gasteiger partial charge in [0.2, 0.25) is 0 Å². The van der Waals surface area contributed by atoms with Crippen LogP contribution in [0.2, 0.25) is 0 Å². The molecule has 21 heavy (non-hydrogen) atoms. The minimum absolute atomic E-state index is 0.137. The van der Waals surface area contributed by atoms with Gasteiger partial charge in [-0.2, -0.15) is 0 Å². The van der Waals surface area contributed by atoms with Gasteiger partial charge in [-0.05, 0) is 38.3 Å². The third-order valence-corrected chi connectivity index (χ3v) is 5.03. The van der Waals surface area contributed by atoms with E-state index in [2.05, 4.69) is 48.0 Å². The maximum Gasteiger partial charge on any atom is 0.101 e. The number of nitrogens with zero attached hydrogens (tertiary/aromatic N) is 1. The summed E-state index contributed by atoms with van der Waals surface area (Å²) < 4.78 is 13.7. The zero-order chi connectivity index (χ0) is 15.0. The number of rotatable bonds is 4. The van der Waals surface area contributed by atoms with Gasteiger partial charge in [-0.1, -0.05) is 25.1 Å². The fourth-order valence-electron chi connectivity index (χ4n) is 3.55. The van der Waals surface area contributed by atoms with E-state index in [-0.39, 0.29) is 5.92 Å². The highest BCUT2D eigenvalue weighted by atomic mass is 19.1. The van der Waals surface area contributed by atoms with E-state index in [9.17, 15) is 4.39 Å². The molecule has 3 unspecified atom stereocenters. The number of benzene rings is 1. The lowest BCUT2D eigenvalue weighted by atomic mass is 9.94. The number of para-hydroxylation sites is 1. The van der Waals surface area contributed by atoms with E-state index >= 15 is 0 Å². The van der Waals surface area contributed by atoms with Crippen LogP contribution in [0.5, 0.6) is 0 Å². The molecule has 3 atom stereocenters. The smallest absolute Gasteiger partial charge is 0.101 e. The normalized spacial score (nSPS) is 22.2. The third kappa shape index (κ3) is 2.71. The molecule has 0 saturated heterocycles. The van der Waals surface area contributed by atoms with Crippen molar-refractivity contribution in [2.45, 2.75) is 52.4 Å². The average molecular weight is 288 g/mol. The number of aromatic nitrogens is 1. The molecule has 1 aromatic carbocycles. The second-order valence-corrected chi connectivity index (χ2v) is 6.46. The Morgan fingerprint density at radius 3 is 2.86 bits per heavy atom. The second kappa shape index (κ2) is 5.80. The van der Waals surface area contributed by atoms with E-state index in [0.29, 0.717) is 6.04 Å². The van der Waals surface area contributed by atoms with Crippen LogP contribution in [-0.2, 0) is 13.0 Å². The molecule has 2 heterocycles. The van der Waals surface area contributed by atoms with Gasteiger partial charge in [0.25, 0.3) is 0 Å².